The summed E-state index contributed by atoms with van der Waals surface area (Å²) in [7, 11) is 0. The Labute approximate surface area is 90.9 Å². The van der Waals surface area contributed by atoms with Gasteiger partial charge in [0.1, 0.15) is 5.82 Å². The van der Waals surface area contributed by atoms with Crippen LogP contribution >= 0.6 is 0 Å². The van der Waals surface area contributed by atoms with E-state index in [-0.39, 0.29) is 11.9 Å². The zero-order chi connectivity index (χ0) is 11.4. The molecule has 0 spiro atoms. The van der Waals surface area contributed by atoms with Crippen molar-refractivity contribution < 1.29 is 4.39 Å². The van der Waals surface area contributed by atoms with Gasteiger partial charge >= 0.3 is 0 Å². The van der Waals surface area contributed by atoms with E-state index in [1.807, 2.05) is 31.7 Å². The zero-order valence-corrected chi connectivity index (χ0v) is 9.63. The van der Waals surface area contributed by atoms with Crippen LogP contribution < -0.4 is 10.6 Å². The third-order valence-electron chi connectivity index (χ3n) is 2.60. The summed E-state index contributed by atoms with van der Waals surface area (Å²) in [6.07, 6.45) is 0. The molecule has 1 aromatic carbocycles. The highest BCUT2D eigenvalue weighted by molar-refractivity contribution is 5.49. The van der Waals surface area contributed by atoms with E-state index in [4.69, 9.17) is 5.73 Å². The number of hydrogen-bond donors (Lipinski definition) is 1. The first-order chi connectivity index (χ1) is 7.10. The number of hydrogen-bond acceptors (Lipinski definition) is 2. The van der Waals surface area contributed by atoms with Crippen molar-refractivity contribution in [3.63, 3.8) is 0 Å². The first kappa shape index (κ1) is 12.0. The Morgan fingerprint density at radius 1 is 1.33 bits per heavy atom. The van der Waals surface area contributed by atoms with Gasteiger partial charge in [0.2, 0.25) is 0 Å². The van der Waals surface area contributed by atoms with Gasteiger partial charge in [0.25, 0.3) is 0 Å². The maximum absolute atomic E-state index is 13.7. The van der Waals surface area contributed by atoms with Crippen LogP contribution in [0.3, 0.4) is 0 Å². The number of halogens is 1. The van der Waals surface area contributed by atoms with Crippen molar-refractivity contribution in [2.24, 2.45) is 5.73 Å². The number of rotatable bonds is 4. The molecule has 0 bridgehead atoms. The molecular weight excluding hydrogens is 191 g/mol. The van der Waals surface area contributed by atoms with Crippen LogP contribution in [-0.4, -0.2) is 13.1 Å². The zero-order valence-electron chi connectivity index (χ0n) is 9.63. The van der Waals surface area contributed by atoms with Crippen molar-refractivity contribution >= 4 is 5.69 Å². The number of nitrogens with two attached hydrogens (primary N) is 1. The van der Waals surface area contributed by atoms with Gasteiger partial charge in [-0.1, -0.05) is 6.07 Å². The molecule has 0 unspecified atom stereocenters. The quantitative estimate of drug-likeness (QED) is 0.828. The van der Waals surface area contributed by atoms with Crippen molar-refractivity contribution in [1.82, 2.24) is 0 Å². The first-order valence-electron chi connectivity index (χ1n) is 5.40. The number of anilines is 1. The standard InChI is InChI=1S/C12H19FN2/c1-4-15(5-2)12-7-6-10(9(3)14)8-11(12)13/h6-9H,4-5,14H2,1-3H3/t9-/m0/s1. The van der Waals surface area contributed by atoms with Gasteiger partial charge in [-0.2, -0.15) is 0 Å². The maximum atomic E-state index is 13.7. The van der Waals surface area contributed by atoms with E-state index in [2.05, 4.69) is 0 Å². The topological polar surface area (TPSA) is 29.3 Å². The molecule has 84 valence electrons. The van der Waals surface area contributed by atoms with Gasteiger partial charge in [-0.25, -0.2) is 4.39 Å². The minimum Gasteiger partial charge on any atom is -0.370 e. The molecule has 3 heteroatoms. The molecule has 0 radical (unpaired) electrons. The smallest absolute Gasteiger partial charge is 0.146 e. The Morgan fingerprint density at radius 2 is 1.93 bits per heavy atom. The molecule has 0 heterocycles. The van der Waals surface area contributed by atoms with Crippen molar-refractivity contribution in [3.05, 3.63) is 29.6 Å². The molecule has 1 aromatic rings. The van der Waals surface area contributed by atoms with Crippen LogP contribution in [0.4, 0.5) is 10.1 Å². The highest BCUT2D eigenvalue weighted by Gasteiger charge is 2.10. The van der Waals surface area contributed by atoms with Gasteiger partial charge < -0.3 is 10.6 Å². The summed E-state index contributed by atoms with van der Waals surface area (Å²) < 4.78 is 13.7. The highest BCUT2D eigenvalue weighted by Crippen LogP contribution is 2.22. The molecule has 15 heavy (non-hydrogen) atoms. The lowest BCUT2D eigenvalue weighted by Gasteiger charge is -2.22. The second-order valence-electron chi connectivity index (χ2n) is 3.67. The molecule has 0 aliphatic carbocycles. The molecule has 2 nitrogen and oxygen atoms in total. The molecular formula is C12H19FN2. The van der Waals surface area contributed by atoms with Crippen molar-refractivity contribution in [2.75, 3.05) is 18.0 Å². The van der Waals surface area contributed by atoms with E-state index in [9.17, 15) is 4.39 Å². The Morgan fingerprint density at radius 3 is 2.33 bits per heavy atom. The minimum atomic E-state index is -0.187. The molecule has 0 saturated carbocycles. The summed E-state index contributed by atoms with van der Waals surface area (Å²) in [6.45, 7) is 7.51. The summed E-state index contributed by atoms with van der Waals surface area (Å²) >= 11 is 0. The van der Waals surface area contributed by atoms with Gasteiger partial charge in [-0.3, -0.25) is 0 Å². The molecule has 1 atom stereocenters. The summed E-state index contributed by atoms with van der Waals surface area (Å²) in [5.74, 6) is -0.187. The Bertz CT molecular complexity index is 319. The summed E-state index contributed by atoms with van der Waals surface area (Å²) in [5.41, 5.74) is 7.19. The van der Waals surface area contributed by atoms with E-state index >= 15 is 0 Å². The van der Waals surface area contributed by atoms with Gasteiger partial charge in [-0.15, -0.1) is 0 Å². The molecule has 0 aromatic heterocycles. The number of nitrogens with zero attached hydrogens (tertiary/aromatic N) is 1. The molecule has 0 amide bonds. The third kappa shape index (κ3) is 2.69. The monoisotopic (exact) mass is 210 g/mol. The summed E-state index contributed by atoms with van der Waals surface area (Å²) in [6, 6.07) is 5.10. The number of benzene rings is 1. The van der Waals surface area contributed by atoms with Crippen molar-refractivity contribution in [1.29, 1.82) is 0 Å². The Kier molecular flexibility index (Phi) is 4.09. The van der Waals surface area contributed by atoms with Crippen LogP contribution in [0.2, 0.25) is 0 Å². The van der Waals surface area contributed by atoms with Crippen LogP contribution in [0.1, 0.15) is 32.4 Å². The van der Waals surface area contributed by atoms with E-state index in [0.717, 1.165) is 18.7 Å². The average Bonchev–Trinajstić information content (AvgIpc) is 2.21. The molecule has 0 aliphatic heterocycles. The fraction of sp³-hybridized carbons (Fsp3) is 0.500. The van der Waals surface area contributed by atoms with E-state index in [1.165, 1.54) is 6.07 Å². The molecule has 0 fully saturated rings. The van der Waals surface area contributed by atoms with E-state index in [0.29, 0.717) is 5.69 Å². The molecule has 0 saturated heterocycles. The summed E-state index contributed by atoms with van der Waals surface area (Å²) in [4.78, 5) is 1.99. The molecule has 0 aliphatic rings. The Balaban J connectivity index is 3.02. The second kappa shape index (κ2) is 5.12. The van der Waals surface area contributed by atoms with Crippen LogP contribution in [0.5, 0.6) is 0 Å². The molecule has 2 N–H and O–H groups in total. The largest absolute Gasteiger partial charge is 0.370 e. The van der Waals surface area contributed by atoms with Crippen molar-refractivity contribution in [3.8, 4) is 0 Å². The van der Waals surface area contributed by atoms with Gasteiger partial charge in [0.05, 0.1) is 5.69 Å². The lowest BCUT2D eigenvalue weighted by atomic mass is 10.1. The second-order valence-corrected chi connectivity index (χ2v) is 3.67. The van der Waals surface area contributed by atoms with Crippen LogP contribution in [0, 0.1) is 5.82 Å². The lowest BCUT2D eigenvalue weighted by molar-refractivity contribution is 0.615. The SMILES string of the molecule is CCN(CC)c1ccc([C@H](C)N)cc1F. The average molecular weight is 210 g/mol. The van der Waals surface area contributed by atoms with Crippen molar-refractivity contribution in [2.45, 2.75) is 26.8 Å². The van der Waals surface area contributed by atoms with E-state index < -0.39 is 0 Å². The predicted molar refractivity (Wildman–Crippen MR) is 62.6 cm³/mol. The van der Waals surface area contributed by atoms with Gasteiger partial charge in [0, 0.05) is 19.1 Å². The summed E-state index contributed by atoms with van der Waals surface area (Å²) in [5, 5.41) is 0. The fourth-order valence-electron chi connectivity index (χ4n) is 1.63. The normalized spacial score (nSPS) is 12.6. The molecule has 1 rings (SSSR count). The van der Waals surface area contributed by atoms with Gasteiger partial charge in [-0.05, 0) is 38.5 Å². The Hall–Kier alpha value is -1.09. The van der Waals surface area contributed by atoms with Crippen LogP contribution in [0.25, 0.3) is 0 Å². The fourth-order valence-corrected chi connectivity index (χ4v) is 1.63. The lowest BCUT2D eigenvalue weighted by Crippen LogP contribution is -2.23. The van der Waals surface area contributed by atoms with Crippen LogP contribution in [0.15, 0.2) is 18.2 Å². The predicted octanol–water partition coefficient (Wildman–Crippen LogP) is 2.69. The van der Waals surface area contributed by atoms with Gasteiger partial charge in [0.15, 0.2) is 0 Å². The highest BCUT2D eigenvalue weighted by atomic mass is 19.1. The minimum absolute atomic E-state index is 0.120. The third-order valence-corrected chi connectivity index (χ3v) is 2.60. The van der Waals surface area contributed by atoms with Crippen LogP contribution in [-0.2, 0) is 0 Å². The van der Waals surface area contributed by atoms with E-state index in [1.54, 1.807) is 6.07 Å². The maximum Gasteiger partial charge on any atom is 0.146 e. The first-order valence-corrected chi connectivity index (χ1v) is 5.40.